The monoisotopic (exact) mass is 533 g/mol. The lowest BCUT2D eigenvalue weighted by Gasteiger charge is -2.48. The molecule has 9 nitrogen and oxygen atoms in total. The van der Waals surface area contributed by atoms with E-state index >= 15 is 0 Å². The molecule has 39 heavy (non-hydrogen) atoms. The van der Waals surface area contributed by atoms with Gasteiger partial charge in [0.15, 0.2) is 0 Å². The van der Waals surface area contributed by atoms with Gasteiger partial charge in [0.1, 0.15) is 11.5 Å². The fourth-order valence-corrected chi connectivity index (χ4v) is 5.49. The van der Waals surface area contributed by atoms with Crippen molar-refractivity contribution in [3.8, 4) is 0 Å². The number of nitrogens with two attached hydrogens (primary N) is 1. The van der Waals surface area contributed by atoms with Crippen LogP contribution in [0.15, 0.2) is 65.8 Å². The van der Waals surface area contributed by atoms with Gasteiger partial charge in [-0.05, 0) is 31.4 Å². The Balaban J connectivity index is 1.62. The fourth-order valence-electron chi connectivity index (χ4n) is 5.49. The Kier molecular flexibility index (Phi) is 7.95. The molecule has 0 saturated carbocycles. The minimum absolute atomic E-state index is 0.0348. The first kappa shape index (κ1) is 28.4. The van der Waals surface area contributed by atoms with Gasteiger partial charge in [-0.15, -0.1) is 0 Å². The predicted octanol–water partition coefficient (Wildman–Crippen LogP) is 2.35. The highest BCUT2D eigenvalue weighted by Gasteiger charge is 2.59. The Morgan fingerprint density at radius 2 is 1.64 bits per heavy atom. The number of fused-ring (bicyclic) bond motifs is 1. The SMILES string of the molecule is CN1N=C2C(C)(C)CN(C(=O)[C@@H](COCc3ccccc3)NC(=O)C(C)(C)N)CC2(Cc2ccccc2)C1=O. The second-order valence-electron chi connectivity index (χ2n) is 11.8. The maximum atomic E-state index is 14.1. The van der Waals surface area contributed by atoms with E-state index in [1.54, 1.807) is 25.8 Å². The standard InChI is InChI=1S/C30H39N5O4/c1-28(2)19-35(20-30(16-21-12-8-6-9-13-21)25(28)33-34(5)27(30)38)24(36)23(32-26(37)29(3,4)31)18-39-17-22-14-10-7-11-15-22/h6-15,23H,16-20,31H2,1-5H3,(H,32,37)/t23-,30?/m1/s1. The summed E-state index contributed by atoms with van der Waals surface area (Å²) >= 11 is 0. The zero-order chi connectivity index (χ0) is 28.4. The topological polar surface area (TPSA) is 117 Å². The van der Waals surface area contributed by atoms with Crippen LogP contribution in [0.5, 0.6) is 0 Å². The first-order valence-corrected chi connectivity index (χ1v) is 13.3. The van der Waals surface area contributed by atoms with Crippen LogP contribution >= 0.6 is 0 Å². The van der Waals surface area contributed by atoms with Gasteiger partial charge in [0.05, 0.1) is 24.5 Å². The number of ether oxygens (including phenoxy) is 1. The van der Waals surface area contributed by atoms with Crippen molar-refractivity contribution in [3.05, 3.63) is 71.8 Å². The summed E-state index contributed by atoms with van der Waals surface area (Å²) in [6.45, 7) is 7.93. The fraction of sp³-hybridized carbons (Fsp3) is 0.467. The molecule has 9 heteroatoms. The smallest absolute Gasteiger partial charge is 0.256 e. The molecule has 2 aliphatic rings. The number of amides is 3. The lowest BCUT2D eigenvalue weighted by Crippen LogP contribution is -2.65. The van der Waals surface area contributed by atoms with Gasteiger partial charge in [0.25, 0.3) is 5.91 Å². The summed E-state index contributed by atoms with van der Waals surface area (Å²) in [7, 11) is 1.66. The van der Waals surface area contributed by atoms with E-state index in [1.807, 2.05) is 74.5 Å². The van der Waals surface area contributed by atoms with Gasteiger partial charge in [-0.1, -0.05) is 74.5 Å². The van der Waals surface area contributed by atoms with Crippen molar-refractivity contribution in [2.75, 3.05) is 26.7 Å². The number of rotatable bonds is 9. The van der Waals surface area contributed by atoms with Crippen LogP contribution in [0.3, 0.4) is 0 Å². The summed E-state index contributed by atoms with van der Waals surface area (Å²) in [6, 6.07) is 18.4. The van der Waals surface area contributed by atoms with Crippen LogP contribution in [0.1, 0.15) is 38.8 Å². The Morgan fingerprint density at radius 1 is 1.05 bits per heavy atom. The molecule has 208 valence electrons. The van der Waals surface area contributed by atoms with E-state index in [0.29, 0.717) is 13.0 Å². The zero-order valence-corrected chi connectivity index (χ0v) is 23.4. The van der Waals surface area contributed by atoms with Crippen LogP contribution in [-0.2, 0) is 32.1 Å². The number of nitrogens with one attached hydrogen (secondary N) is 1. The van der Waals surface area contributed by atoms with E-state index in [4.69, 9.17) is 10.5 Å². The molecule has 3 N–H and O–H groups in total. The van der Waals surface area contributed by atoms with Crippen LogP contribution in [-0.4, -0.2) is 71.7 Å². The van der Waals surface area contributed by atoms with E-state index in [-0.39, 0.29) is 31.6 Å². The molecule has 2 heterocycles. The molecule has 2 aromatic carbocycles. The van der Waals surface area contributed by atoms with Gasteiger partial charge >= 0.3 is 0 Å². The molecule has 0 radical (unpaired) electrons. The number of hydrazone groups is 1. The molecule has 2 aromatic rings. The molecule has 2 atom stereocenters. The second kappa shape index (κ2) is 10.9. The first-order valence-electron chi connectivity index (χ1n) is 13.3. The lowest BCUT2D eigenvalue weighted by atomic mass is 9.64. The van der Waals surface area contributed by atoms with Crippen LogP contribution in [0.4, 0.5) is 0 Å². The Hall–Kier alpha value is -3.56. The molecule has 1 saturated heterocycles. The van der Waals surface area contributed by atoms with Crippen LogP contribution in [0.2, 0.25) is 0 Å². The number of nitrogens with zero attached hydrogens (tertiary/aromatic N) is 3. The summed E-state index contributed by atoms with van der Waals surface area (Å²) in [5.41, 5.74) is 6.00. The van der Waals surface area contributed by atoms with Gasteiger partial charge in [-0.2, -0.15) is 5.10 Å². The molecular formula is C30H39N5O4. The van der Waals surface area contributed by atoms with Crippen LogP contribution in [0, 0.1) is 10.8 Å². The highest BCUT2D eigenvalue weighted by atomic mass is 16.5. The summed E-state index contributed by atoms with van der Waals surface area (Å²) in [5, 5.41) is 8.87. The average molecular weight is 534 g/mol. The lowest BCUT2D eigenvalue weighted by molar-refractivity contribution is -0.145. The van der Waals surface area contributed by atoms with Crippen molar-refractivity contribution in [1.29, 1.82) is 0 Å². The van der Waals surface area contributed by atoms with Crippen molar-refractivity contribution in [3.63, 3.8) is 0 Å². The van der Waals surface area contributed by atoms with Crippen molar-refractivity contribution in [1.82, 2.24) is 15.2 Å². The van der Waals surface area contributed by atoms with E-state index in [0.717, 1.165) is 16.8 Å². The van der Waals surface area contributed by atoms with Gasteiger partial charge < -0.3 is 20.7 Å². The van der Waals surface area contributed by atoms with Crippen molar-refractivity contribution < 1.29 is 19.1 Å². The van der Waals surface area contributed by atoms with Crippen LogP contribution < -0.4 is 11.1 Å². The summed E-state index contributed by atoms with van der Waals surface area (Å²) < 4.78 is 5.90. The molecule has 0 aliphatic carbocycles. The zero-order valence-electron chi connectivity index (χ0n) is 23.4. The minimum atomic E-state index is -1.18. The number of carbonyl (C=O) groups is 3. The largest absolute Gasteiger partial charge is 0.374 e. The predicted molar refractivity (Wildman–Crippen MR) is 149 cm³/mol. The molecule has 0 spiro atoms. The first-order chi connectivity index (χ1) is 18.3. The molecule has 0 aromatic heterocycles. The van der Waals surface area contributed by atoms with E-state index in [2.05, 4.69) is 10.4 Å². The highest BCUT2D eigenvalue weighted by molar-refractivity contribution is 6.16. The average Bonchev–Trinajstić information content (AvgIpc) is 3.14. The third-order valence-corrected chi connectivity index (χ3v) is 7.34. The van der Waals surface area contributed by atoms with Crippen LogP contribution in [0.25, 0.3) is 0 Å². The van der Waals surface area contributed by atoms with E-state index in [9.17, 15) is 14.4 Å². The molecule has 3 amide bonds. The van der Waals surface area contributed by atoms with Crippen molar-refractivity contribution in [2.45, 2.75) is 52.3 Å². The van der Waals surface area contributed by atoms with E-state index < -0.39 is 28.3 Å². The number of likely N-dealkylation sites (tertiary alicyclic amines) is 1. The number of hydrogen-bond acceptors (Lipinski definition) is 6. The quantitative estimate of drug-likeness (QED) is 0.513. The van der Waals surface area contributed by atoms with Gasteiger partial charge in [0, 0.05) is 25.6 Å². The molecule has 1 fully saturated rings. The van der Waals surface area contributed by atoms with Gasteiger partial charge in [-0.25, -0.2) is 5.01 Å². The number of piperidine rings is 1. The number of hydrogen-bond donors (Lipinski definition) is 2. The Morgan fingerprint density at radius 3 is 2.23 bits per heavy atom. The van der Waals surface area contributed by atoms with E-state index in [1.165, 1.54) is 5.01 Å². The van der Waals surface area contributed by atoms with Gasteiger partial charge in [0.2, 0.25) is 11.8 Å². The summed E-state index contributed by atoms with van der Waals surface area (Å²) in [5.74, 6) is -0.920. The van der Waals surface area contributed by atoms with Gasteiger partial charge in [-0.3, -0.25) is 14.4 Å². The molecular weight excluding hydrogens is 494 g/mol. The molecule has 4 rings (SSSR count). The molecule has 0 bridgehead atoms. The number of benzene rings is 2. The number of carbonyl (C=O) groups excluding carboxylic acids is 3. The summed E-state index contributed by atoms with van der Waals surface area (Å²) in [4.78, 5) is 42.3. The normalized spacial score (nSPS) is 21.3. The third-order valence-electron chi connectivity index (χ3n) is 7.34. The highest BCUT2D eigenvalue weighted by Crippen LogP contribution is 2.45. The Labute approximate surface area is 230 Å². The van der Waals surface area contributed by atoms with Crippen molar-refractivity contribution in [2.24, 2.45) is 21.7 Å². The third kappa shape index (κ3) is 6.04. The summed E-state index contributed by atoms with van der Waals surface area (Å²) in [6.07, 6.45) is 0.417. The molecule has 2 aliphatic heterocycles. The second-order valence-corrected chi connectivity index (χ2v) is 11.8. The maximum Gasteiger partial charge on any atom is 0.256 e. The Bertz CT molecular complexity index is 1240. The minimum Gasteiger partial charge on any atom is -0.374 e. The van der Waals surface area contributed by atoms with Crippen molar-refractivity contribution >= 4 is 23.4 Å². The molecule has 1 unspecified atom stereocenters. The maximum absolute atomic E-state index is 14.1.